The number of aryl methyl sites for hydroxylation is 1. The van der Waals surface area contributed by atoms with Crippen LogP contribution in [0.5, 0.6) is 0 Å². The van der Waals surface area contributed by atoms with Crippen LogP contribution in [-0.4, -0.2) is 26.5 Å². The van der Waals surface area contributed by atoms with Crippen LogP contribution in [0.15, 0.2) is 59.5 Å². The van der Waals surface area contributed by atoms with Crippen molar-refractivity contribution in [2.75, 3.05) is 16.0 Å². The van der Waals surface area contributed by atoms with Crippen LogP contribution < -0.4 is 16.0 Å². The third-order valence-electron chi connectivity index (χ3n) is 3.58. The number of thioether (sulfide) groups is 1. The third kappa shape index (κ3) is 6.01. The van der Waals surface area contributed by atoms with Crippen LogP contribution in [0.2, 0.25) is 0 Å². The lowest BCUT2D eigenvalue weighted by molar-refractivity contribution is -0.115. The van der Waals surface area contributed by atoms with Gasteiger partial charge in [0.05, 0.1) is 5.25 Å². The Hall–Kier alpha value is -2.49. The number of nitrogens with one attached hydrogen (secondary N) is 3. The van der Waals surface area contributed by atoms with Crippen molar-refractivity contribution in [2.24, 2.45) is 0 Å². The molecule has 1 atom stereocenters. The Morgan fingerprint density at radius 1 is 1.00 bits per heavy atom. The van der Waals surface area contributed by atoms with Gasteiger partial charge in [0.25, 0.3) is 0 Å². The van der Waals surface area contributed by atoms with Gasteiger partial charge in [-0.3, -0.25) is 10.1 Å². The molecule has 0 spiro atoms. The highest BCUT2D eigenvalue weighted by atomic mass is 32.2. The fourth-order valence-corrected chi connectivity index (χ4v) is 3.94. The molecular formula is C19H19N5OS3. The first-order chi connectivity index (χ1) is 13.5. The second-order valence-electron chi connectivity index (χ2n) is 5.85. The summed E-state index contributed by atoms with van der Waals surface area (Å²) in [5, 5.41) is 18.5. The van der Waals surface area contributed by atoms with E-state index in [9.17, 15) is 4.79 Å². The Morgan fingerprint density at radius 3 is 2.25 bits per heavy atom. The van der Waals surface area contributed by atoms with E-state index in [1.54, 1.807) is 0 Å². The Balaban J connectivity index is 1.50. The van der Waals surface area contributed by atoms with Gasteiger partial charge in [-0.05, 0) is 62.5 Å². The molecule has 0 radical (unpaired) electrons. The van der Waals surface area contributed by atoms with Gasteiger partial charge in [0.1, 0.15) is 5.01 Å². The molecule has 0 aliphatic rings. The summed E-state index contributed by atoms with van der Waals surface area (Å²) in [5.41, 5.74) is 1.80. The zero-order valence-electron chi connectivity index (χ0n) is 15.3. The molecule has 144 valence electrons. The first kappa shape index (κ1) is 20.2. The summed E-state index contributed by atoms with van der Waals surface area (Å²) >= 11 is 8.16. The number of para-hydroxylation sites is 1. The number of thiocarbonyl (C=S) groups is 1. The van der Waals surface area contributed by atoms with Crippen LogP contribution in [0.4, 0.5) is 16.5 Å². The van der Waals surface area contributed by atoms with E-state index in [2.05, 4.69) is 26.1 Å². The number of rotatable bonds is 6. The topological polar surface area (TPSA) is 78.9 Å². The number of carbonyl (C=O) groups excluding carboxylic acids is 1. The predicted octanol–water partition coefficient (Wildman–Crippen LogP) is 4.77. The van der Waals surface area contributed by atoms with Crippen molar-refractivity contribution in [3.8, 4) is 0 Å². The van der Waals surface area contributed by atoms with E-state index < -0.39 is 0 Å². The minimum absolute atomic E-state index is 0.100. The molecular weight excluding hydrogens is 410 g/mol. The molecule has 1 amide bonds. The van der Waals surface area contributed by atoms with Gasteiger partial charge >= 0.3 is 0 Å². The summed E-state index contributed by atoms with van der Waals surface area (Å²) in [6.07, 6.45) is 0. The number of amides is 1. The number of anilines is 3. The number of hydrogen-bond acceptors (Lipinski definition) is 6. The van der Waals surface area contributed by atoms with Crippen molar-refractivity contribution in [3.05, 3.63) is 59.6 Å². The number of carbonyl (C=O) groups is 1. The predicted molar refractivity (Wildman–Crippen MR) is 121 cm³/mol. The van der Waals surface area contributed by atoms with E-state index in [1.807, 2.05) is 68.4 Å². The zero-order chi connectivity index (χ0) is 19.9. The van der Waals surface area contributed by atoms with Crippen LogP contribution in [-0.2, 0) is 4.79 Å². The Labute approximate surface area is 177 Å². The Morgan fingerprint density at radius 2 is 1.64 bits per heavy atom. The molecule has 2 aromatic carbocycles. The average Bonchev–Trinajstić information content (AvgIpc) is 3.08. The molecule has 1 heterocycles. The molecule has 3 rings (SSSR count). The summed E-state index contributed by atoms with van der Waals surface area (Å²) < 4.78 is 0. The van der Waals surface area contributed by atoms with Crippen molar-refractivity contribution >= 4 is 62.8 Å². The highest BCUT2D eigenvalue weighted by Gasteiger charge is 2.16. The molecule has 0 aliphatic carbocycles. The molecule has 0 saturated heterocycles. The van der Waals surface area contributed by atoms with Crippen LogP contribution in [0.25, 0.3) is 0 Å². The van der Waals surface area contributed by atoms with Crippen LogP contribution in [0.3, 0.4) is 0 Å². The van der Waals surface area contributed by atoms with Crippen molar-refractivity contribution in [2.45, 2.75) is 24.0 Å². The van der Waals surface area contributed by atoms with E-state index in [-0.39, 0.29) is 11.2 Å². The molecule has 9 heteroatoms. The lowest BCUT2D eigenvalue weighted by Gasteiger charge is -2.12. The van der Waals surface area contributed by atoms with E-state index in [0.717, 1.165) is 21.3 Å². The molecule has 0 bridgehead atoms. The SMILES string of the molecule is Cc1nnc(NC(=O)C(C)Sc2ccc(NC(=S)Nc3ccccc3)cc2)s1. The van der Waals surface area contributed by atoms with Crippen molar-refractivity contribution < 1.29 is 4.79 Å². The Bertz CT molecular complexity index is 944. The minimum atomic E-state index is -0.260. The largest absolute Gasteiger partial charge is 0.332 e. The molecule has 3 N–H and O–H groups in total. The zero-order valence-corrected chi connectivity index (χ0v) is 17.8. The molecule has 0 aliphatic heterocycles. The van der Waals surface area contributed by atoms with Gasteiger partial charge in [0, 0.05) is 16.3 Å². The van der Waals surface area contributed by atoms with E-state index in [4.69, 9.17) is 12.2 Å². The smallest absolute Gasteiger partial charge is 0.239 e. The molecule has 0 saturated carbocycles. The molecule has 1 unspecified atom stereocenters. The van der Waals surface area contributed by atoms with E-state index in [1.165, 1.54) is 23.1 Å². The van der Waals surface area contributed by atoms with E-state index >= 15 is 0 Å². The van der Waals surface area contributed by atoms with Gasteiger partial charge in [-0.25, -0.2) is 0 Å². The van der Waals surface area contributed by atoms with Gasteiger partial charge in [-0.2, -0.15) is 0 Å². The number of aromatic nitrogens is 2. The van der Waals surface area contributed by atoms with Gasteiger partial charge in [0.2, 0.25) is 11.0 Å². The summed E-state index contributed by atoms with van der Waals surface area (Å²) in [6.45, 7) is 3.71. The maximum Gasteiger partial charge on any atom is 0.239 e. The highest BCUT2D eigenvalue weighted by Crippen LogP contribution is 2.26. The van der Waals surface area contributed by atoms with Crippen molar-refractivity contribution in [1.29, 1.82) is 0 Å². The number of hydrogen-bond donors (Lipinski definition) is 3. The lowest BCUT2D eigenvalue weighted by Crippen LogP contribution is -2.22. The van der Waals surface area contributed by atoms with Gasteiger partial charge in [0.15, 0.2) is 5.11 Å². The normalized spacial score (nSPS) is 11.5. The molecule has 3 aromatic rings. The van der Waals surface area contributed by atoms with Crippen LogP contribution in [0.1, 0.15) is 11.9 Å². The van der Waals surface area contributed by atoms with Crippen molar-refractivity contribution in [1.82, 2.24) is 10.2 Å². The number of benzene rings is 2. The standard InChI is InChI=1S/C19H19N5OS3/c1-12(17(25)22-19-24-23-13(2)28-19)27-16-10-8-15(9-11-16)21-18(26)20-14-6-4-3-5-7-14/h3-12H,1-2H3,(H2,20,21,26)(H,22,24,25). The van der Waals surface area contributed by atoms with Crippen LogP contribution >= 0.6 is 35.3 Å². The van der Waals surface area contributed by atoms with E-state index in [0.29, 0.717) is 10.2 Å². The highest BCUT2D eigenvalue weighted by molar-refractivity contribution is 8.00. The molecule has 28 heavy (non-hydrogen) atoms. The van der Waals surface area contributed by atoms with Gasteiger partial charge < -0.3 is 10.6 Å². The average molecular weight is 430 g/mol. The van der Waals surface area contributed by atoms with Gasteiger partial charge in [-0.1, -0.05) is 29.5 Å². The number of nitrogens with zero attached hydrogens (tertiary/aromatic N) is 2. The molecule has 0 fully saturated rings. The Kier molecular flexibility index (Phi) is 6.96. The second kappa shape index (κ2) is 9.63. The summed E-state index contributed by atoms with van der Waals surface area (Å²) in [6, 6.07) is 17.5. The lowest BCUT2D eigenvalue weighted by atomic mass is 10.3. The first-order valence-corrected chi connectivity index (χ1v) is 10.6. The third-order valence-corrected chi connectivity index (χ3v) is 5.65. The van der Waals surface area contributed by atoms with Crippen LogP contribution in [0, 0.1) is 6.92 Å². The second-order valence-corrected chi connectivity index (χ2v) is 8.85. The van der Waals surface area contributed by atoms with Gasteiger partial charge in [-0.15, -0.1) is 22.0 Å². The summed E-state index contributed by atoms with van der Waals surface area (Å²) in [7, 11) is 0. The summed E-state index contributed by atoms with van der Waals surface area (Å²) in [4.78, 5) is 13.3. The quantitative estimate of drug-likeness (QED) is 0.385. The fraction of sp³-hybridized carbons (Fsp3) is 0.158. The molecule has 6 nitrogen and oxygen atoms in total. The minimum Gasteiger partial charge on any atom is -0.332 e. The maximum absolute atomic E-state index is 12.3. The van der Waals surface area contributed by atoms with Crippen molar-refractivity contribution in [3.63, 3.8) is 0 Å². The summed E-state index contributed by atoms with van der Waals surface area (Å²) in [5.74, 6) is -0.100. The fourth-order valence-electron chi connectivity index (χ4n) is 2.24. The maximum atomic E-state index is 12.3. The monoisotopic (exact) mass is 429 g/mol. The molecule has 1 aromatic heterocycles. The first-order valence-electron chi connectivity index (χ1n) is 8.50.